The molecular formula is C13H9BrFNO. The normalized spacial score (nSPS) is 10.3. The Balaban J connectivity index is 2.43. The number of carbonyl (C=O) groups is 1. The smallest absolute Gasteiger partial charge is 0.194 e. The first-order valence-corrected chi connectivity index (χ1v) is 5.78. The average molecular weight is 294 g/mol. The third-order valence-corrected chi connectivity index (χ3v) is 2.73. The number of aromatic nitrogens is 1. The third-order valence-electron chi connectivity index (χ3n) is 2.27. The highest BCUT2D eigenvalue weighted by atomic mass is 79.9. The van der Waals surface area contributed by atoms with Crippen LogP contribution in [0.5, 0.6) is 0 Å². The topological polar surface area (TPSA) is 30.0 Å². The van der Waals surface area contributed by atoms with Crippen LogP contribution in [-0.2, 0) is 0 Å². The Morgan fingerprint density at radius 1 is 1.18 bits per heavy atom. The van der Waals surface area contributed by atoms with Crippen molar-refractivity contribution in [3.05, 3.63) is 63.6 Å². The molecule has 2 aromatic rings. The van der Waals surface area contributed by atoms with E-state index >= 15 is 0 Å². The van der Waals surface area contributed by atoms with Gasteiger partial charge in [0.1, 0.15) is 5.82 Å². The molecule has 2 rings (SSSR count). The van der Waals surface area contributed by atoms with Crippen molar-refractivity contribution in [3.8, 4) is 0 Å². The zero-order valence-electron chi connectivity index (χ0n) is 9.08. The fourth-order valence-corrected chi connectivity index (χ4v) is 2.18. The second kappa shape index (κ2) is 4.75. The lowest BCUT2D eigenvalue weighted by Gasteiger charge is -2.03. The van der Waals surface area contributed by atoms with Crippen LogP contribution in [-0.4, -0.2) is 10.8 Å². The van der Waals surface area contributed by atoms with Gasteiger partial charge in [-0.3, -0.25) is 9.78 Å². The van der Waals surface area contributed by atoms with Gasteiger partial charge in [0.25, 0.3) is 0 Å². The fourth-order valence-electron chi connectivity index (χ4n) is 1.57. The number of benzene rings is 1. The molecule has 0 aliphatic rings. The summed E-state index contributed by atoms with van der Waals surface area (Å²) in [6.45, 7) is 1.89. The lowest BCUT2D eigenvalue weighted by molar-refractivity contribution is 0.103. The summed E-state index contributed by atoms with van der Waals surface area (Å²) in [5, 5.41) is 0. The van der Waals surface area contributed by atoms with E-state index in [1.165, 1.54) is 12.3 Å². The maximum atomic E-state index is 13.0. The van der Waals surface area contributed by atoms with E-state index in [0.29, 0.717) is 5.56 Å². The number of aryl methyl sites for hydroxylation is 1. The monoisotopic (exact) mass is 293 g/mol. The van der Waals surface area contributed by atoms with Gasteiger partial charge in [-0.05, 0) is 36.8 Å². The van der Waals surface area contributed by atoms with Crippen molar-refractivity contribution < 1.29 is 9.18 Å². The number of halogens is 2. The molecule has 0 amide bonds. The summed E-state index contributed by atoms with van der Waals surface area (Å²) in [5.74, 6) is -0.746. The van der Waals surface area contributed by atoms with Gasteiger partial charge in [0.15, 0.2) is 5.78 Å². The Labute approximate surface area is 107 Å². The molecule has 0 aliphatic heterocycles. The molecule has 17 heavy (non-hydrogen) atoms. The zero-order chi connectivity index (χ0) is 12.4. The Bertz CT molecular complexity index is 563. The summed E-state index contributed by atoms with van der Waals surface area (Å²) in [7, 11) is 0. The minimum atomic E-state index is -0.512. The number of rotatable bonds is 2. The number of hydrogen-bond acceptors (Lipinski definition) is 2. The molecule has 0 bridgehead atoms. The quantitative estimate of drug-likeness (QED) is 0.793. The first-order valence-electron chi connectivity index (χ1n) is 4.99. The van der Waals surface area contributed by atoms with Gasteiger partial charge in [0.2, 0.25) is 0 Å². The molecular weight excluding hydrogens is 285 g/mol. The van der Waals surface area contributed by atoms with Crippen LogP contribution in [0.25, 0.3) is 0 Å². The Hall–Kier alpha value is -1.55. The molecule has 1 aromatic heterocycles. The highest BCUT2D eigenvalue weighted by Gasteiger charge is 2.11. The average Bonchev–Trinajstić information content (AvgIpc) is 2.26. The molecule has 0 spiro atoms. The number of ketones is 1. The molecule has 0 fully saturated rings. The largest absolute Gasteiger partial charge is 0.289 e. The van der Waals surface area contributed by atoms with Gasteiger partial charge < -0.3 is 0 Å². The van der Waals surface area contributed by atoms with Crippen LogP contribution in [0.15, 0.2) is 41.1 Å². The van der Waals surface area contributed by atoms with Crippen LogP contribution in [0.3, 0.4) is 0 Å². The van der Waals surface area contributed by atoms with E-state index in [2.05, 4.69) is 20.9 Å². The maximum absolute atomic E-state index is 13.0. The first kappa shape index (κ1) is 11.9. The molecule has 0 saturated heterocycles. The summed E-state index contributed by atoms with van der Waals surface area (Å²) < 4.78 is 13.8. The molecule has 0 N–H and O–H groups in total. The summed E-state index contributed by atoms with van der Waals surface area (Å²) in [6.07, 6.45) is 2.44. The van der Waals surface area contributed by atoms with Crippen molar-refractivity contribution in [2.24, 2.45) is 0 Å². The van der Waals surface area contributed by atoms with Gasteiger partial charge in [-0.25, -0.2) is 4.39 Å². The van der Waals surface area contributed by atoms with Crippen LogP contribution in [0.4, 0.5) is 4.39 Å². The Kier molecular flexibility index (Phi) is 3.33. The second-order valence-electron chi connectivity index (χ2n) is 3.74. The molecule has 0 unspecified atom stereocenters. The summed E-state index contributed by atoms with van der Waals surface area (Å²) in [6, 6.07) is 6.56. The fraction of sp³-hybridized carbons (Fsp3) is 0.0769. The summed E-state index contributed by atoms with van der Waals surface area (Å²) in [4.78, 5) is 15.7. The van der Waals surface area contributed by atoms with Crippen molar-refractivity contribution in [1.82, 2.24) is 4.98 Å². The lowest BCUT2D eigenvalue weighted by Crippen LogP contribution is -2.03. The molecule has 0 aliphatic carbocycles. The summed E-state index contributed by atoms with van der Waals surface area (Å²) in [5.41, 5.74) is 1.74. The highest BCUT2D eigenvalue weighted by Crippen LogP contribution is 2.18. The molecule has 1 heterocycles. The molecule has 0 saturated carbocycles. The second-order valence-corrected chi connectivity index (χ2v) is 4.65. The molecule has 4 heteroatoms. The standard InChI is InChI=1S/C13H9BrFNO/c1-8-2-9(4-11(14)3-8)13(17)10-5-12(15)7-16-6-10/h2-7H,1H3. The van der Waals surface area contributed by atoms with Crippen LogP contribution in [0.1, 0.15) is 21.5 Å². The van der Waals surface area contributed by atoms with E-state index in [4.69, 9.17) is 0 Å². The lowest BCUT2D eigenvalue weighted by atomic mass is 10.0. The number of pyridine rings is 1. The predicted molar refractivity (Wildman–Crippen MR) is 66.5 cm³/mol. The molecule has 0 radical (unpaired) electrons. The predicted octanol–water partition coefficient (Wildman–Crippen LogP) is 3.52. The molecule has 0 atom stereocenters. The van der Waals surface area contributed by atoms with E-state index in [0.717, 1.165) is 16.2 Å². The number of nitrogens with zero attached hydrogens (tertiary/aromatic N) is 1. The Morgan fingerprint density at radius 3 is 2.59 bits per heavy atom. The van der Waals surface area contributed by atoms with Crippen LogP contribution >= 0.6 is 15.9 Å². The molecule has 86 valence electrons. The van der Waals surface area contributed by atoms with Gasteiger partial charge in [0.05, 0.1) is 6.20 Å². The van der Waals surface area contributed by atoms with Gasteiger partial charge in [-0.15, -0.1) is 0 Å². The van der Waals surface area contributed by atoms with Gasteiger partial charge >= 0.3 is 0 Å². The Morgan fingerprint density at radius 2 is 1.94 bits per heavy atom. The molecule has 2 nitrogen and oxygen atoms in total. The van der Waals surface area contributed by atoms with Crippen molar-refractivity contribution in [2.45, 2.75) is 6.92 Å². The van der Waals surface area contributed by atoms with Crippen LogP contribution < -0.4 is 0 Å². The first-order chi connectivity index (χ1) is 8.06. The third kappa shape index (κ3) is 2.77. The van der Waals surface area contributed by atoms with E-state index in [1.807, 2.05) is 13.0 Å². The van der Waals surface area contributed by atoms with Crippen LogP contribution in [0, 0.1) is 12.7 Å². The highest BCUT2D eigenvalue weighted by molar-refractivity contribution is 9.10. The number of carbonyl (C=O) groups excluding carboxylic acids is 1. The van der Waals surface area contributed by atoms with E-state index in [1.54, 1.807) is 12.1 Å². The maximum Gasteiger partial charge on any atom is 0.194 e. The zero-order valence-corrected chi connectivity index (χ0v) is 10.7. The van der Waals surface area contributed by atoms with Gasteiger partial charge in [-0.1, -0.05) is 15.9 Å². The van der Waals surface area contributed by atoms with Crippen molar-refractivity contribution >= 4 is 21.7 Å². The number of hydrogen-bond donors (Lipinski definition) is 0. The van der Waals surface area contributed by atoms with Crippen molar-refractivity contribution in [2.75, 3.05) is 0 Å². The van der Waals surface area contributed by atoms with Gasteiger partial charge in [-0.2, -0.15) is 0 Å². The summed E-state index contributed by atoms with van der Waals surface area (Å²) >= 11 is 3.33. The van der Waals surface area contributed by atoms with E-state index < -0.39 is 5.82 Å². The van der Waals surface area contributed by atoms with E-state index in [9.17, 15) is 9.18 Å². The van der Waals surface area contributed by atoms with E-state index in [-0.39, 0.29) is 11.3 Å². The minimum absolute atomic E-state index is 0.235. The van der Waals surface area contributed by atoms with Crippen molar-refractivity contribution in [1.29, 1.82) is 0 Å². The van der Waals surface area contributed by atoms with Gasteiger partial charge in [0, 0.05) is 21.8 Å². The SMILES string of the molecule is Cc1cc(Br)cc(C(=O)c2cncc(F)c2)c1. The molecule has 1 aromatic carbocycles. The van der Waals surface area contributed by atoms with Crippen LogP contribution in [0.2, 0.25) is 0 Å². The minimum Gasteiger partial charge on any atom is -0.289 e. The van der Waals surface area contributed by atoms with Crippen molar-refractivity contribution in [3.63, 3.8) is 0 Å².